The summed E-state index contributed by atoms with van der Waals surface area (Å²) in [7, 11) is 0. The summed E-state index contributed by atoms with van der Waals surface area (Å²) < 4.78 is 13.9. The summed E-state index contributed by atoms with van der Waals surface area (Å²) in [6.07, 6.45) is 3.99. The van der Waals surface area contributed by atoms with E-state index in [2.05, 4.69) is 23.4 Å². The monoisotopic (exact) mass is 430 g/mol. The SMILES string of the molecule is C=CCOC1(C)CCN(c2c(C(OC(C)(C)C)C(=O)O)c(C)cc3nc(N)cn23)CC1. The standard InChI is InChI=1S/C23H34N4O4/c1-7-12-30-23(6)8-10-26(11-9-23)20-18(19(21(28)29)31-22(3,4)5)15(2)13-17-25-16(24)14-27(17)20/h7,13-14,19H,1,8-12,24H2,2-6H3,(H,28,29). The summed E-state index contributed by atoms with van der Waals surface area (Å²) in [5.74, 6) is 0.127. The van der Waals surface area contributed by atoms with Crippen LogP contribution in [0.4, 0.5) is 11.6 Å². The van der Waals surface area contributed by atoms with E-state index < -0.39 is 17.7 Å². The van der Waals surface area contributed by atoms with E-state index in [1.807, 2.05) is 38.2 Å². The van der Waals surface area contributed by atoms with Crippen molar-refractivity contribution in [3.63, 3.8) is 0 Å². The number of imidazole rings is 1. The topological polar surface area (TPSA) is 102 Å². The van der Waals surface area contributed by atoms with Crippen LogP contribution in [-0.4, -0.2) is 51.4 Å². The number of carbonyl (C=O) groups is 1. The first kappa shape index (κ1) is 23.1. The van der Waals surface area contributed by atoms with E-state index >= 15 is 0 Å². The largest absolute Gasteiger partial charge is 0.479 e. The number of carboxylic acids is 1. The summed E-state index contributed by atoms with van der Waals surface area (Å²) in [5.41, 5.74) is 7.25. The molecule has 2 aromatic heterocycles. The first-order valence-electron chi connectivity index (χ1n) is 10.6. The number of hydrogen-bond acceptors (Lipinski definition) is 6. The number of nitrogens with two attached hydrogens (primary N) is 1. The molecule has 1 saturated heterocycles. The third-order valence-electron chi connectivity index (χ3n) is 5.62. The van der Waals surface area contributed by atoms with Crippen molar-refractivity contribution >= 4 is 23.3 Å². The molecule has 170 valence electrons. The Hall–Kier alpha value is -2.58. The van der Waals surface area contributed by atoms with Gasteiger partial charge < -0.3 is 25.2 Å². The fraction of sp³-hybridized carbons (Fsp3) is 0.565. The van der Waals surface area contributed by atoms with Crippen molar-refractivity contribution in [2.75, 3.05) is 30.3 Å². The van der Waals surface area contributed by atoms with Crippen LogP contribution in [0.1, 0.15) is 57.8 Å². The zero-order valence-corrected chi connectivity index (χ0v) is 19.1. The minimum atomic E-state index is -1.12. The third-order valence-corrected chi connectivity index (χ3v) is 5.62. The molecule has 3 N–H and O–H groups in total. The normalized spacial score (nSPS) is 17.6. The van der Waals surface area contributed by atoms with Gasteiger partial charge in [-0.2, -0.15) is 0 Å². The Morgan fingerprint density at radius 3 is 2.61 bits per heavy atom. The lowest BCUT2D eigenvalue weighted by molar-refractivity contribution is -0.160. The van der Waals surface area contributed by atoms with Crippen LogP contribution < -0.4 is 10.6 Å². The Balaban J connectivity index is 2.10. The van der Waals surface area contributed by atoms with Crippen LogP contribution in [0.25, 0.3) is 5.65 Å². The maximum atomic E-state index is 12.3. The van der Waals surface area contributed by atoms with Gasteiger partial charge in [0, 0.05) is 18.7 Å². The highest BCUT2D eigenvalue weighted by atomic mass is 16.5. The maximum absolute atomic E-state index is 12.3. The molecule has 31 heavy (non-hydrogen) atoms. The molecule has 8 heteroatoms. The fourth-order valence-electron chi connectivity index (χ4n) is 4.09. The molecule has 3 rings (SSSR count). The molecule has 0 aromatic carbocycles. The number of aryl methyl sites for hydroxylation is 1. The summed E-state index contributed by atoms with van der Waals surface area (Å²) >= 11 is 0. The smallest absolute Gasteiger partial charge is 0.337 e. The zero-order valence-electron chi connectivity index (χ0n) is 19.1. The van der Waals surface area contributed by atoms with E-state index in [1.165, 1.54) is 0 Å². The number of aliphatic carboxylic acids is 1. The molecule has 0 aliphatic carbocycles. The molecule has 0 radical (unpaired) electrons. The van der Waals surface area contributed by atoms with Gasteiger partial charge in [-0.3, -0.25) is 4.40 Å². The molecule has 2 aromatic rings. The fourth-order valence-corrected chi connectivity index (χ4v) is 4.09. The summed E-state index contributed by atoms with van der Waals surface area (Å²) in [4.78, 5) is 18.9. The molecule has 1 fully saturated rings. The van der Waals surface area contributed by atoms with Crippen molar-refractivity contribution in [3.05, 3.63) is 36.0 Å². The lowest BCUT2D eigenvalue weighted by Crippen LogP contribution is -2.45. The summed E-state index contributed by atoms with van der Waals surface area (Å²) in [5, 5.41) is 10.1. The Labute approximate surface area is 183 Å². The number of nitrogens with zero attached hydrogens (tertiary/aromatic N) is 3. The second-order valence-corrected chi connectivity index (χ2v) is 9.44. The molecule has 0 saturated carbocycles. The van der Waals surface area contributed by atoms with Gasteiger partial charge in [0.05, 0.1) is 24.0 Å². The van der Waals surface area contributed by atoms with Crippen LogP contribution >= 0.6 is 0 Å². The van der Waals surface area contributed by atoms with Crippen molar-refractivity contribution in [2.24, 2.45) is 0 Å². The molecule has 1 aliphatic rings. The van der Waals surface area contributed by atoms with E-state index in [0.29, 0.717) is 36.7 Å². The van der Waals surface area contributed by atoms with E-state index in [9.17, 15) is 9.90 Å². The van der Waals surface area contributed by atoms with E-state index in [1.54, 1.807) is 12.3 Å². The number of piperidine rings is 1. The van der Waals surface area contributed by atoms with E-state index in [0.717, 1.165) is 24.2 Å². The van der Waals surface area contributed by atoms with E-state index in [4.69, 9.17) is 15.2 Å². The maximum Gasteiger partial charge on any atom is 0.337 e. The number of fused-ring (bicyclic) bond motifs is 1. The van der Waals surface area contributed by atoms with E-state index in [-0.39, 0.29) is 5.60 Å². The lowest BCUT2D eigenvalue weighted by Gasteiger charge is -2.41. The lowest BCUT2D eigenvalue weighted by atomic mass is 9.92. The highest BCUT2D eigenvalue weighted by Crippen LogP contribution is 2.38. The molecule has 0 amide bonds. The number of carboxylic acid groups (broad SMARTS) is 1. The van der Waals surface area contributed by atoms with Gasteiger partial charge in [0.1, 0.15) is 17.3 Å². The van der Waals surface area contributed by atoms with Gasteiger partial charge >= 0.3 is 5.97 Å². The average molecular weight is 431 g/mol. The second kappa shape index (κ2) is 8.51. The molecule has 1 unspecified atom stereocenters. The molecule has 1 aliphatic heterocycles. The van der Waals surface area contributed by atoms with Crippen molar-refractivity contribution < 1.29 is 19.4 Å². The summed E-state index contributed by atoms with van der Waals surface area (Å²) in [6, 6.07) is 1.86. The van der Waals surface area contributed by atoms with Gasteiger partial charge in [-0.05, 0) is 59.1 Å². The Kier molecular flexibility index (Phi) is 6.34. The number of anilines is 2. The molecule has 8 nitrogen and oxygen atoms in total. The molecular weight excluding hydrogens is 396 g/mol. The van der Waals surface area contributed by atoms with Crippen LogP contribution in [0.2, 0.25) is 0 Å². The van der Waals surface area contributed by atoms with Crippen LogP contribution in [0.5, 0.6) is 0 Å². The Morgan fingerprint density at radius 2 is 2.06 bits per heavy atom. The highest BCUT2D eigenvalue weighted by molar-refractivity contribution is 5.79. The van der Waals surface area contributed by atoms with Gasteiger partial charge in [-0.25, -0.2) is 9.78 Å². The quantitative estimate of drug-likeness (QED) is 0.645. The van der Waals surface area contributed by atoms with Gasteiger partial charge in [0.25, 0.3) is 0 Å². The molecular formula is C23H34N4O4. The Bertz CT molecular complexity index is 968. The molecule has 0 spiro atoms. The minimum Gasteiger partial charge on any atom is -0.479 e. The molecule has 1 atom stereocenters. The van der Waals surface area contributed by atoms with Crippen molar-refractivity contribution in [2.45, 2.75) is 64.8 Å². The van der Waals surface area contributed by atoms with Crippen molar-refractivity contribution in [1.29, 1.82) is 0 Å². The minimum absolute atomic E-state index is 0.240. The second-order valence-electron chi connectivity index (χ2n) is 9.44. The van der Waals surface area contributed by atoms with Crippen LogP contribution in [0, 0.1) is 6.92 Å². The van der Waals surface area contributed by atoms with Gasteiger partial charge in [-0.15, -0.1) is 6.58 Å². The zero-order chi connectivity index (χ0) is 23.0. The van der Waals surface area contributed by atoms with Gasteiger partial charge in [0.2, 0.25) is 0 Å². The average Bonchev–Trinajstić information content (AvgIpc) is 3.03. The number of aromatic nitrogens is 2. The van der Waals surface area contributed by atoms with Crippen LogP contribution in [0.3, 0.4) is 0 Å². The highest BCUT2D eigenvalue weighted by Gasteiger charge is 2.36. The van der Waals surface area contributed by atoms with Gasteiger partial charge in [-0.1, -0.05) is 6.08 Å². The first-order valence-corrected chi connectivity index (χ1v) is 10.6. The summed E-state index contributed by atoms with van der Waals surface area (Å²) in [6.45, 7) is 15.2. The number of ether oxygens (including phenoxy) is 2. The van der Waals surface area contributed by atoms with Gasteiger partial charge in [0.15, 0.2) is 6.10 Å². The molecule has 0 bridgehead atoms. The predicted molar refractivity (Wildman–Crippen MR) is 122 cm³/mol. The van der Waals surface area contributed by atoms with Crippen LogP contribution in [0.15, 0.2) is 24.9 Å². The number of hydrogen-bond donors (Lipinski definition) is 2. The molecule has 3 heterocycles. The number of nitrogen functional groups attached to an aromatic ring is 1. The number of rotatable bonds is 7. The third kappa shape index (κ3) is 5.02. The Morgan fingerprint density at radius 1 is 1.42 bits per heavy atom. The van der Waals surface area contributed by atoms with Crippen LogP contribution in [-0.2, 0) is 14.3 Å². The van der Waals surface area contributed by atoms with Crippen molar-refractivity contribution in [1.82, 2.24) is 9.38 Å². The first-order chi connectivity index (χ1) is 14.4. The predicted octanol–water partition coefficient (Wildman–Crippen LogP) is 3.73. The number of pyridine rings is 1. The van der Waals surface area contributed by atoms with Crippen molar-refractivity contribution in [3.8, 4) is 0 Å².